The van der Waals surface area contributed by atoms with E-state index in [0.29, 0.717) is 5.75 Å². The molecule has 0 aliphatic heterocycles. The molecule has 0 saturated carbocycles. The molecule has 0 aliphatic rings. The lowest BCUT2D eigenvalue weighted by molar-refractivity contribution is -0.132. The molecule has 1 aromatic rings. The first-order valence-corrected chi connectivity index (χ1v) is 5.60. The number of aliphatic carboxylic acids is 1. The highest BCUT2D eigenvalue weighted by molar-refractivity contribution is 7.99. The number of rotatable bonds is 4. The summed E-state index contributed by atoms with van der Waals surface area (Å²) in [5, 5.41) is 8.67. The van der Waals surface area contributed by atoms with Crippen LogP contribution < -0.4 is 0 Å². The minimum atomic E-state index is -0.923. The number of carbonyl (C=O) groups is 1. The van der Waals surface area contributed by atoms with Gasteiger partial charge in [-0.3, -0.25) is 0 Å². The number of hydrogen-bond acceptors (Lipinski definition) is 2. The van der Waals surface area contributed by atoms with E-state index in [0.717, 1.165) is 4.90 Å². The first-order chi connectivity index (χ1) is 7.00. The van der Waals surface area contributed by atoms with Gasteiger partial charge in [0, 0.05) is 16.2 Å². The Balaban J connectivity index is 2.69. The lowest BCUT2D eigenvalue weighted by Crippen LogP contribution is -2.01. The first kappa shape index (κ1) is 11.9. The molecule has 0 aromatic heterocycles. The molecule has 15 heavy (non-hydrogen) atoms. The van der Waals surface area contributed by atoms with E-state index < -0.39 is 5.97 Å². The minimum absolute atomic E-state index is 0.237. The zero-order valence-electron chi connectivity index (χ0n) is 8.91. The molecular weight excluding hydrogens is 208 g/mol. The van der Waals surface area contributed by atoms with Crippen LogP contribution in [0, 0.1) is 13.8 Å². The number of aryl methyl sites for hydroxylation is 2. The van der Waals surface area contributed by atoms with Crippen LogP contribution in [0.3, 0.4) is 0 Å². The summed E-state index contributed by atoms with van der Waals surface area (Å²) in [5.74, 6) is -0.493. The second-order valence-electron chi connectivity index (χ2n) is 3.47. The van der Waals surface area contributed by atoms with E-state index in [4.69, 9.17) is 5.11 Å². The molecule has 0 spiro atoms. The molecule has 0 aliphatic carbocycles. The average Bonchev–Trinajstić information content (AvgIpc) is 2.18. The van der Waals surface area contributed by atoms with Crippen molar-refractivity contribution in [3.05, 3.63) is 41.5 Å². The fourth-order valence-electron chi connectivity index (χ4n) is 1.09. The van der Waals surface area contributed by atoms with Crippen LogP contribution in [0.15, 0.2) is 35.2 Å². The molecular formula is C12H14O2S. The summed E-state index contributed by atoms with van der Waals surface area (Å²) in [6.07, 6.45) is 0. The molecule has 0 saturated heterocycles. The first-order valence-electron chi connectivity index (χ1n) is 4.62. The van der Waals surface area contributed by atoms with Gasteiger partial charge in [0.1, 0.15) is 0 Å². The van der Waals surface area contributed by atoms with E-state index >= 15 is 0 Å². The Hall–Kier alpha value is -1.22. The molecule has 2 nitrogen and oxygen atoms in total. The van der Waals surface area contributed by atoms with Crippen molar-refractivity contribution >= 4 is 17.7 Å². The van der Waals surface area contributed by atoms with Gasteiger partial charge >= 0.3 is 5.97 Å². The van der Waals surface area contributed by atoms with Crippen LogP contribution in [0.5, 0.6) is 0 Å². The molecule has 0 radical (unpaired) electrons. The second kappa shape index (κ2) is 5.03. The molecule has 0 heterocycles. The predicted molar refractivity (Wildman–Crippen MR) is 63.4 cm³/mol. The molecule has 1 rings (SSSR count). The van der Waals surface area contributed by atoms with Gasteiger partial charge in [-0.25, -0.2) is 4.79 Å². The summed E-state index contributed by atoms with van der Waals surface area (Å²) in [5.41, 5.74) is 2.59. The Morgan fingerprint density at radius 1 is 1.47 bits per heavy atom. The highest BCUT2D eigenvalue weighted by Crippen LogP contribution is 2.24. The summed E-state index contributed by atoms with van der Waals surface area (Å²) in [4.78, 5) is 11.7. The van der Waals surface area contributed by atoms with Crippen LogP contribution in [-0.4, -0.2) is 16.8 Å². The van der Waals surface area contributed by atoms with E-state index in [1.54, 1.807) is 0 Å². The predicted octanol–water partition coefficient (Wildman–Crippen LogP) is 3.04. The Morgan fingerprint density at radius 2 is 2.13 bits per heavy atom. The number of carboxylic acids is 1. The number of thioether (sulfide) groups is 1. The number of benzene rings is 1. The highest BCUT2D eigenvalue weighted by Gasteiger charge is 2.06. The Labute approximate surface area is 94.0 Å². The third-order valence-corrected chi connectivity index (χ3v) is 3.29. The summed E-state index contributed by atoms with van der Waals surface area (Å²) >= 11 is 1.52. The van der Waals surface area contributed by atoms with Crippen LogP contribution in [0.1, 0.15) is 11.1 Å². The summed E-state index contributed by atoms with van der Waals surface area (Å²) in [6, 6.07) is 6.15. The molecule has 1 aromatic carbocycles. The van der Waals surface area contributed by atoms with Crippen LogP contribution in [-0.2, 0) is 4.79 Å². The van der Waals surface area contributed by atoms with Gasteiger partial charge in [-0.1, -0.05) is 24.3 Å². The van der Waals surface area contributed by atoms with Crippen LogP contribution in [0.2, 0.25) is 0 Å². The van der Waals surface area contributed by atoms with Crippen molar-refractivity contribution in [3.8, 4) is 0 Å². The van der Waals surface area contributed by atoms with Gasteiger partial charge in [-0.05, 0) is 25.5 Å². The molecule has 0 amide bonds. The molecule has 1 N–H and O–H groups in total. The van der Waals surface area contributed by atoms with Crippen molar-refractivity contribution in [3.63, 3.8) is 0 Å². The third kappa shape index (κ3) is 3.44. The van der Waals surface area contributed by atoms with Crippen molar-refractivity contribution in [1.82, 2.24) is 0 Å². The number of hydrogen-bond donors (Lipinski definition) is 1. The molecule has 0 atom stereocenters. The van der Waals surface area contributed by atoms with Crippen LogP contribution in [0.25, 0.3) is 0 Å². The maximum absolute atomic E-state index is 10.6. The van der Waals surface area contributed by atoms with Gasteiger partial charge in [-0.15, -0.1) is 11.8 Å². The molecule has 80 valence electrons. The van der Waals surface area contributed by atoms with Crippen molar-refractivity contribution in [1.29, 1.82) is 0 Å². The van der Waals surface area contributed by atoms with Gasteiger partial charge in [0.05, 0.1) is 0 Å². The largest absolute Gasteiger partial charge is 0.478 e. The van der Waals surface area contributed by atoms with Crippen molar-refractivity contribution < 1.29 is 9.90 Å². The standard InChI is InChI=1S/C12H14O2S/c1-8-4-5-9(2)11(6-8)15-7-10(3)12(13)14/h4-6H,3,7H2,1-2H3,(H,13,14). The number of carboxylic acid groups (broad SMARTS) is 1. The summed E-state index contributed by atoms with van der Waals surface area (Å²) in [7, 11) is 0. The maximum atomic E-state index is 10.6. The monoisotopic (exact) mass is 222 g/mol. The fourth-order valence-corrected chi connectivity index (χ4v) is 2.11. The van der Waals surface area contributed by atoms with Crippen molar-refractivity contribution in [2.75, 3.05) is 5.75 Å². The molecule has 0 bridgehead atoms. The van der Waals surface area contributed by atoms with Crippen molar-refractivity contribution in [2.24, 2.45) is 0 Å². The smallest absolute Gasteiger partial charge is 0.331 e. The average molecular weight is 222 g/mol. The lowest BCUT2D eigenvalue weighted by atomic mass is 10.2. The Kier molecular flexibility index (Phi) is 3.97. The zero-order valence-corrected chi connectivity index (χ0v) is 9.73. The Morgan fingerprint density at radius 3 is 2.73 bits per heavy atom. The van der Waals surface area contributed by atoms with E-state index in [2.05, 4.69) is 12.6 Å². The summed E-state index contributed by atoms with van der Waals surface area (Å²) < 4.78 is 0. The molecule has 0 unspecified atom stereocenters. The fraction of sp³-hybridized carbons (Fsp3) is 0.250. The van der Waals surface area contributed by atoms with Crippen LogP contribution in [0.4, 0.5) is 0 Å². The summed E-state index contributed by atoms with van der Waals surface area (Å²) in [6.45, 7) is 7.54. The SMILES string of the molecule is C=C(CSc1cc(C)ccc1C)C(=O)O. The zero-order chi connectivity index (χ0) is 11.4. The van der Waals surface area contributed by atoms with E-state index in [1.807, 2.05) is 26.0 Å². The normalized spacial score (nSPS) is 10.0. The third-order valence-electron chi connectivity index (χ3n) is 2.05. The highest BCUT2D eigenvalue weighted by atomic mass is 32.2. The second-order valence-corrected chi connectivity index (χ2v) is 4.48. The maximum Gasteiger partial charge on any atom is 0.331 e. The molecule has 3 heteroatoms. The quantitative estimate of drug-likeness (QED) is 0.628. The topological polar surface area (TPSA) is 37.3 Å². The van der Waals surface area contributed by atoms with Gasteiger partial charge in [-0.2, -0.15) is 0 Å². The van der Waals surface area contributed by atoms with Gasteiger partial charge < -0.3 is 5.11 Å². The van der Waals surface area contributed by atoms with E-state index in [1.165, 1.54) is 22.9 Å². The van der Waals surface area contributed by atoms with E-state index in [-0.39, 0.29) is 5.57 Å². The van der Waals surface area contributed by atoms with Gasteiger partial charge in [0.2, 0.25) is 0 Å². The minimum Gasteiger partial charge on any atom is -0.478 e. The van der Waals surface area contributed by atoms with Gasteiger partial charge in [0.25, 0.3) is 0 Å². The lowest BCUT2D eigenvalue weighted by Gasteiger charge is -2.06. The van der Waals surface area contributed by atoms with Crippen LogP contribution >= 0.6 is 11.8 Å². The van der Waals surface area contributed by atoms with Crippen molar-refractivity contribution in [2.45, 2.75) is 18.7 Å². The Bertz CT molecular complexity index is 397. The van der Waals surface area contributed by atoms with E-state index in [9.17, 15) is 4.79 Å². The van der Waals surface area contributed by atoms with Gasteiger partial charge in [0.15, 0.2) is 0 Å². The molecule has 0 fully saturated rings.